The van der Waals surface area contributed by atoms with E-state index in [9.17, 15) is 14.4 Å². The summed E-state index contributed by atoms with van der Waals surface area (Å²) in [5.41, 5.74) is 7.65. The number of piperazine rings is 1. The van der Waals surface area contributed by atoms with Crippen molar-refractivity contribution < 1.29 is 28.6 Å². The standard InChI is InChI=1S/C26H31N7O6.ClH/c1-37-20-12-18-19(13-21(20)38-2)30-25(31-24(18)27)33-10-8-32(9-11-33)23(35)15-28-22(34)14-29-26(36)39-16-17-6-4-3-5-7-17;/h3-7,12-13H,8-11,14-16H2,1-2H3,(H,28,34)(H,29,36)(H2,27,30,31);1H. The Bertz CT molecular complexity index is 1340. The van der Waals surface area contributed by atoms with Crippen molar-refractivity contribution in [2.45, 2.75) is 6.61 Å². The molecule has 3 aromatic rings. The molecule has 4 rings (SSSR count). The van der Waals surface area contributed by atoms with E-state index < -0.39 is 12.0 Å². The minimum absolute atomic E-state index is 0. The van der Waals surface area contributed by atoms with Crippen LogP contribution in [0.1, 0.15) is 5.56 Å². The van der Waals surface area contributed by atoms with Gasteiger partial charge in [-0.25, -0.2) is 9.78 Å². The molecule has 1 aliphatic heterocycles. The van der Waals surface area contributed by atoms with Gasteiger partial charge in [-0.3, -0.25) is 9.59 Å². The molecule has 214 valence electrons. The van der Waals surface area contributed by atoms with Crippen LogP contribution in [0.15, 0.2) is 42.5 Å². The highest BCUT2D eigenvalue weighted by Crippen LogP contribution is 2.34. The second-order valence-corrected chi connectivity index (χ2v) is 8.69. The maximum absolute atomic E-state index is 12.6. The molecular weight excluding hydrogens is 542 g/mol. The van der Waals surface area contributed by atoms with Crippen molar-refractivity contribution in [3.8, 4) is 11.5 Å². The molecule has 4 N–H and O–H groups in total. The summed E-state index contributed by atoms with van der Waals surface area (Å²) in [6.07, 6.45) is -0.717. The van der Waals surface area contributed by atoms with Crippen LogP contribution in [0.2, 0.25) is 0 Å². The van der Waals surface area contributed by atoms with Gasteiger partial charge in [-0.1, -0.05) is 30.3 Å². The largest absolute Gasteiger partial charge is 0.493 e. The highest BCUT2D eigenvalue weighted by Gasteiger charge is 2.24. The topological polar surface area (TPSA) is 161 Å². The fraction of sp³-hybridized carbons (Fsp3) is 0.346. The van der Waals surface area contributed by atoms with Gasteiger partial charge >= 0.3 is 6.09 Å². The summed E-state index contributed by atoms with van der Waals surface area (Å²) in [6.45, 7) is 1.45. The van der Waals surface area contributed by atoms with E-state index >= 15 is 0 Å². The number of nitrogens with zero attached hydrogens (tertiary/aromatic N) is 4. The molecule has 2 aromatic carbocycles. The number of aromatic nitrogens is 2. The van der Waals surface area contributed by atoms with Gasteiger partial charge in [0.1, 0.15) is 19.0 Å². The van der Waals surface area contributed by atoms with Crippen molar-refractivity contribution >= 4 is 53.0 Å². The SMILES string of the molecule is COc1cc2nc(N3CCN(C(=O)CNC(=O)CNC(=O)OCc4ccccc4)CC3)nc(N)c2cc1OC.Cl. The summed E-state index contributed by atoms with van der Waals surface area (Å²) in [6, 6.07) is 12.7. The maximum atomic E-state index is 12.6. The zero-order chi connectivity index (χ0) is 27.8. The Labute approximate surface area is 237 Å². The quantitative estimate of drug-likeness (QED) is 0.340. The highest BCUT2D eigenvalue weighted by atomic mass is 35.5. The molecule has 0 radical (unpaired) electrons. The van der Waals surface area contributed by atoms with Crippen LogP contribution in [-0.2, 0) is 20.9 Å². The van der Waals surface area contributed by atoms with Gasteiger partial charge in [0.25, 0.3) is 0 Å². The summed E-state index contributed by atoms with van der Waals surface area (Å²) in [5.74, 6) is 1.11. The number of rotatable bonds is 9. The van der Waals surface area contributed by atoms with Gasteiger partial charge in [0.05, 0.1) is 26.3 Å². The Kier molecular flexibility index (Phi) is 10.5. The second kappa shape index (κ2) is 14.0. The minimum atomic E-state index is -0.717. The highest BCUT2D eigenvalue weighted by molar-refractivity contribution is 5.92. The average molecular weight is 574 g/mol. The van der Waals surface area contributed by atoms with E-state index in [-0.39, 0.29) is 38.0 Å². The zero-order valence-corrected chi connectivity index (χ0v) is 23.0. The summed E-state index contributed by atoms with van der Waals surface area (Å²) in [5, 5.41) is 5.54. The third-order valence-corrected chi connectivity index (χ3v) is 6.18. The fourth-order valence-corrected chi connectivity index (χ4v) is 4.04. The van der Waals surface area contributed by atoms with Crippen LogP contribution >= 0.6 is 12.4 Å². The van der Waals surface area contributed by atoms with Gasteiger partial charge in [0, 0.05) is 37.6 Å². The first-order valence-corrected chi connectivity index (χ1v) is 12.3. The number of methoxy groups -OCH3 is 2. The van der Waals surface area contributed by atoms with Crippen molar-refractivity contribution in [1.82, 2.24) is 25.5 Å². The number of carbonyl (C=O) groups is 3. The Hall–Kier alpha value is -4.52. The lowest BCUT2D eigenvalue weighted by Crippen LogP contribution is -2.52. The van der Waals surface area contributed by atoms with Crippen LogP contribution in [0.4, 0.5) is 16.6 Å². The fourth-order valence-electron chi connectivity index (χ4n) is 4.04. The van der Waals surface area contributed by atoms with E-state index in [0.717, 1.165) is 5.56 Å². The number of anilines is 2. The number of nitrogens with two attached hydrogens (primary N) is 1. The van der Waals surface area contributed by atoms with E-state index in [0.29, 0.717) is 60.3 Å². The van der Waals surface area contributed by atoms with Gasteiger partial charge in [-0.15, -0.1) is 12.4 Å². The molecule has 0 spiro atoms. The molecule has 2 heterocycles. The van der Waals surface area contributed by atoms with Crippen LogP contribution in [-0.4, -0.2) is 86.3 Å². The molecular formula is C26H32ClN7O6. The van der Waals surface area contributed by atoms with Crippen molar-refractivity contribution in [1.29, 1.82) is 0 Å². The number of ether oxygens (including phenoxy) is 3. The smallest absolute Gasteiger partial charge is 0.407 e. The number of nitrogens with one attached hydrogen (secondary N) is 2. The maximum Gasteiger partial charge on any atom is 0.407 e. The summed E-state index contributed by atoms with van der Waals surface area (Å²) < 4.78 is 15.8. The molecule has 0 aliphatic carbocycles. The molecule has 0 saturated carbocycles. The number of alkyl carbamates (subject to hydrolysis) is 1. The number of hydrogen-bond acceptors (Lipinski definition) is 10. The molecule has 1 aromatic heterocycles. The van der Waals surface area contributed by atoms with E-state index in [1.165, 1.54) is 0 Å². The first kappa shape index (κ1) is 30.0. The Morgan fingerprint density at radius 2 is 1.60 bits per heavy atom. The Balaban J connectivity index is 0.00000441. The van der Waals surface area contributed by atoms with Crippen molar-refractivity contribution in [2.24, 2.45) is 0 Å². The molecule has 0 unspecified atom stereocenters. The lowest BCUT2D eigenvalue weighted by molar-refractivity contribution is -0.132. The molecule has 13 nitrogen and oxygen atoms in total. The monoisotopic (exact) mass is 573 g/mol. The molecule has 14 heteroatoms. The van der Waals surface area contributed by atoms with E-state index in [2.05, 4.69) is 20.6 Å². The average Bonchev–Trinajstić information content (AvgIpc) is 2.97. The Morgan fingerprint density at radius 3 is 2.27 bits per heavy atom. The molecule has 1 saturated heterocycles. The van der Waals surface area contributed by atoms with Crippen molar-refractivity contribution in [2.75, 3.05) is 64.1 Å². The number of hydrogen-bond donors (Lipinski definition) is 3. The van der Waals surface area contributed by atoms with Gasteiger partial charge in [0.2, 0.25) is 17.8 Å². The lowest BCUT2D eigenvalue weighted by Gasteiger charge is -2.35. The van der Waals surface area contributed by atoms with Crippen LogP contribution < -0.4 is 30.7 Å². The Morgan fingerprint density at radius 1 is 0.925 bits per heavy atom. The second-order valence-electron chi connectivity index (χ2n) is 8.69. The predicted molar refractivity (Wildman–Crippen MR) is 151 cm³/mol. The normalized spacial score (nSPS) is 12.8. The number of fused-ring (bicyclic) bond motifs is 1. The number of halogens is 1. The van der Waals surface area contributed by atoms with Crippen molar-refractivity contribution in [3.05, 3.63) is 48.0 Å². The molecule has 0 atom stereocenters. The molecule has 3 amide bonds. The van der Waals surface area contributed by atoms with Crippen molar-refractivity contribution in [3.63, 3.8) is 0 Å². The third-order valence-electron chi connectivity index (χ3n) is 6.18. The van der Waals surface area contributed by atoms with Gasteiger partial charge in [0.15, 0.2) is 11.5 Å². The number of amides is 3. The third kappa shape index (κ3) is 7.53. The number of carbonyl (C=O) groups excluding carboxylic acids is 3. The lowest BCUT2D eigenvalue weighted by atomic mass is 10.2. The summed E-state index contributed by atoms with van der Waals surface area (Å²) >= 11 is 0. The van der Waals surface area contributed by atoms with Crippen LogP contribution in [0.25, 0.3) is 10.9 Å². The van der Waals surface area contributed by atoms with Crippen LogP contribution in [0, 0.1) is 0 Å². The number of benzene rings is 2. The van der Waals surface area contributed by atoms with Crippen LogP contribution in [0.5, 0.6) is 11.5 Å². The molecule has 40 heavy (non-hydrogen) atoms. The van der Waals surface area contributed by atoms with E-state index in [1.807, 2.05) is 35.2 Å². The zero-order valence-electron chi connectivity index (χ0n) is 22.2. The van der Waals surface area contributed by atoms with E-state index in [1.54, 1.807) is 31.3 Å². The van der Waals surface area contributed by atoms with Gasteiger partial charge < -0.3 is 40.4 Å². The van der Waals surface area contributed by atoms with Gasteiger partial charge in [-0.2, -0.15) is 4.98 Å². The van der Waals surface area contributed by atoms with Crippen LogP contribution in [0.3, 0.4) is 0 Å². The molecule has 1 aliphatic rings. The first-order chi connectivity index (χ1) is 18.9. The summed E-state index contributed by atoms with van der Waals surface area (Å²) in [4.78, 5) is 49.1. The molecule has 1 fully saturated rings. The van der Waals surface area contributed by atoms with Gasteiger partial charge in [-0.05, 0) is 11.6 Å². The van der Waals surface area contributed by atoms with E-state index in [4.69, 9.17) is 19.9 Å². The first-order valence-electron chi connectivity index (χ1n) is 12.3. The number of nitrogen functional groups attached to an aromatic ring is 1. The molecule has 0 bridgehead atoms. The predicted octanol–water partition coefficient (Wildman–Crippen LogP) is 1.34. The minimum Gasteiger partial charge on any atom is -0.493 e. The summed E-state index contributed by atoms with van der Waals surface area (Å²) in [7, 11) is 3.09.